The largest absolute Gasteiger partial charge is 0.497 e. The Labute approximate surface area is 209 Å². The van der Waals surface area contributed by atoms with E-state index in [0.717, 1.165) is 28.1 Å². The molecule has 0 bridgehead atoms. The Bertz CT molecular complexity index is 1080. The third-order valence-electron chi connectivity index (χ3n) is 5.90. The van der Waals surface area contributed by atoms with Crippen LogP contribution in [0.3, 0.4) is 0 Å². The molecule has 2 atom stereocenters. The van der Waals surface area contributed by atoms with Crippen molar-refractivity contribution in [3.8, 4) is 5.75 Å². The van der Waals surface area contributed by atoms with Crippen molar-refractivity contribution in [1.82, 2.24) is 10.2 Å². The number of nitrogens with one attached hydrogen (secondary N) is 1. The standard InChI is InChI=1S/C26H37N3O5S/c1-7-20(4)27-26(31)24(8-2)28(17-21-11-15-23(34-5)16-12-21)25(30)18-29(35(6,32)33)22-13-9-19(3)10-14-22/h9-16,20,24H,7-8,17-18H2,1-6H3,(H,27,31)/t20-,24-/m0/s1. The smallest absolute Gasteiger partial charge is 0.244 e. The number of carbonyl (C=O) groups excluding carboxylic acids is 2. The molecule has 0 aliphatic rings. The van der Waals surface area contributed by atoms with Gasteiger partial charge in [0.25, 0.3) is 0 Å². The van der Waals surface area contributed by atoms with Gasteiger partial charge in [0.2, 0.25) is 21.8 Å². The van der Waals surface area contributed by atoms with Crippen LogP contribution in [0, 0.1) is 6.92 Å². The van der Waals surface area contributed by atoms with Gasteiger partial charge in [0.15, 0.2) is 0 Å². The quantitative estimate of drug-likeness (QED) is 0.478. The van der Waals surface area contributed by atoms with Gasteiger partial charge in [-0.2, -0.15) is 0 Å². The molecule has 9 heteroatoms. The van der Waals surface area contributed by atoms with E-state index in [0.29, 0.717) is 17.9 Å². The summed E-state index contributed by atoms with van der Waals surface area (Å²) in [7, 11) is -2.18. The molecule has 0 unspecified atom stereocenters. The lowest BCUT2D eigenvalue weighted by atomic mass is 10.1. The van der Waals surface area contributed by atoms with Crippen LogP contribution >= 0.6 is 0 Å². The minimum absolute atomic E-state index is 0.0467. The molecule has 2 aromatic rings. The molecule has 2 rings (SSSR count). The van der Waals surface area contributed by atoms with Crippen LogP contribution in [0.25, 0.3) is 0 Å². The van der Waals surface area contributed by atoms with E-state index in [2.05, 4.69) is 5.32 Å². The van der Waals surface area contributed by atoms with Crippen LogP contribution in [0.4, 0.5) is 5.69 Å². The van der Waals surface area contributed by atoms with E-state index in [1.54, 1.807) is 43.5 Å². The maximum absolute atomic E-state index is 13.6. The van der Waals surface area contributed by atoms with Crippen molar-refractivity contribution in [1.29, 1.82) is 0 Å². The van der Waals surface area contributed by atoms with Crippen LogP contribution < -0.4 is 14.4 Å². The Morgan fingerprint density at radius 3 is 2.09 bits per heavy atom. The average Bonchev–Trinajstić information content (AvgIpc) is 2.82. The van der Waals surface area contributed by atoms with Crippen LogP contribution in [0.5, 0.6) is 5.75 Å². The summed E-state index contributed by atoms with van der Waals surface area (Å²) in [6.45, 7) is 7.36. The fourth-order valence-electron chi connectivity index (χ4n) is 3.61. The first kappa shape index (κ1) is 28.2. The monoisotopic (exact) mass is 503 g/mol. The molecular formula is C26H37N3O5S. The summed E-state index contributed by atoms with van der Waals surface area (Å²) in [5.41, 5.74) is 2.17. The SMILES string of the molecule is CC[C@H](C)NC(=O)[C@H](CC)N(Cc1ccc(OC)cc1)C(=O)CN(c1ccc(C)cc1)S(C)(=O)=O. The van der Waals surface area contributed by atoms with Crippen LogP contribution in [0.1, 0.15) is 44.7 Å². The van der Waals surface area contributed by atoms with E-state index in [-0.39, 0.29) is 18.5 Å². The Morgan fingerprint density at radius 2 is 1.60 bits per heavy atom. The van der Waals surface area contributed by atoms with Crippen molar-refractivity contribution >= 4 is 27.5 Å². The van der Waals surface area contributed by atoms with Crippen molar-refractivity contribution in [2.75, 3.05) is 24.2 Å². The molecule has 35 heavy (non-hydrogen) atoms. The van der Waals surface area contributed by atoms with E-state index >= 15 is 0 Å². The number of ether oxygens (including phenoxy) is 1. The first-order valence-corrected chi connectivity index (χ1v) is 13.6. The van der Waals surface area contributed by atoms with Crippen molar-refractivity contribution in [3.05, 3.63) is 59.7 Å². The van der Waals surface area contributed by atoms with Gasteiger partial charge in [0.05, 0.1) is 19.1 Å². The number of carbonyl (C=O) groups is 2. The molecule has 0 radical (unpaired) electrons. The number of benzene rings is 2. The number of sulfonamides is 1. The zero-order valence-electron chi connectivity index (χ0n) is 21.4. The molecule has 192 valence electrons. The van der Waals surface area contributed by atoms with Crippen LogP contribution in [-0.2, 0) is 26.2 Å². The van der Waals surface area contributed by atoms with E-state index in [1.165, 1.54) is 4.90 Å². The summed E-state index contributed by atoms with van der Waals surface area (Å²) in [6, 6.07) is 13.4. The molecule has 2 aromatic carbocycles. The molecule has 0 saturated carbocycles. The highest BCUT2D eigenvalue weighted by atomic mass is 32.2. The van der Waals surface area contributed by atoms with Crippen molar-refractivity contribution in [2.24, 2.45) is 0 Å². The zero-order valence-corrected chi connectivity index (χ0v) is 22.3. The Hall–Kier alpha value is -3.07. The molecule has 0 spiro atoms. The second-order valence-corrected chi connectivity index (χ2v) is 10.6. The van der Waals surface area contributed by atoms with Gasteiger partial charge in [-0.15, -0.1) is 0 Å². The fourth-order valence-corrected chi connectivity index (χ4v) is 4.46. The third-order valence-corrected chi connectivity index (χ3v) is 7.04. The summed E-state index contributed by atoms with van der Waals surface area (Å²) < 4.78 is 31.5. The van der Waals surface area contributed by atoms with Crippen molar-refractivity contribution in [2.45, 2.75) is 59.2 Å². The minimum atomic E-state index is -3.75. The third kappa shape index (κ3) is 7.99. The normalized spacial score (nSPS) is 13.0. The van der Waals surface area contributed by atoms with Crippen LogP contribution in [0.2, 0.25) is 0 Å². The molecule has 0 aliphatic heterocycles. The van der Waals surface area contributed by atoms with Gasteiger partial charge in [-0.3, -0.25) is 13.9 Å². The van der Waals surface area contributed by atoms with Gasteiger partial charge in [-0.25, -0.2) is 8.42 Å². The molecule has 8 nitrogen and oxygen atoms in total. The van der Waals surface area contributed by atoms with Gasteiger partial charge in [0, 0.05) is 12.6 Å². The average molecular weight is 504 g/mol. The van der Waals surface area contributed by atoms with E-state index in [1.807, 2.05) is 39.8 Å². The number of rotatable bonds is 12. The number of hydrogen-bond donors (Lipinski definition) is 1. The first-order chi connectivity index (χ1) is 16.5. The maximum atomic E-state index is 13.6. The summed E-state index contributed by atoms with van der Waals surface area (Å²) in [5.74, 6) is -0.0428. The van der Waals surface area contributed by atoms with Crippen molar-refractivity contribution < 1.29 is 22.7 Å². The highest BCUT2D eigenvalue weighted by molar-refractivity contribution is 7.92. The summed E-state index contributed by atoms with van der Waals surface area (Å²) in [4.78, 5) is 28.2. The number of aryl methyl sites for hydroxylation is 1. The molecule has 0 fully saturated rings. The lowest BCUT2D eigenvalue weighted by Gasteiger charge is -2.33. The predicted octanol–water partition coefficient (Wildman–Crippen LogP) is 3.49. The molecule has 0 heterocycles. The zero-order chi connectivity index (χ0) is 26.2. The van der Waals surface area contributed by atoms with Gasteiger partial charge >= 0.3 is 0 Å². The van der Waals surface area contributed by atoms with E-state index < -0.39 is 28.5 Å². The van der Waals surface area contributed by atoms with E-state index in [4.69, 9.17) is 4.74 Å². The number of anilines is 1. The number of nitrogens with zero attached hydrogens (tertiary/aromatic N) is 2. The molecule has 0 aromatic heterocycles. The van der Waals surface area contributed by atoms with Gasteiger partial charge < -0.3 is 15.0 Å². The Morgan fingerprint density at radius 1 is 1.00 bits per heavy atom. The molecule has 0 saturated heterocycles. The highest BCUT2D eigenvalue weighted by Gasteiger charge is 2.32. The first-order valence-electron chi connectivity index (χ1n) is 11.8. The summed E-state index contributed by atoms with van der Waals surface area (Å²) in [5, 5.41) is 2.96. The van der Waals surface area contributed by atoms with Gasteiger partial charge in [0.1, 0.15) is 18.3 Å². The molecule has 0 aliphatic carbocycles. The lowest BCUT2D eigenvalue weighted by molar-refractivity contribution is -0.140. The number of amides is 2. The number of methoxy groups -OCH3 is 1. The van der Waals surface area contributed by atoms with Crippen molar-refractivity contribution in [3.63, 3.8) is 0 Å². The minimum Gasteiger partial charge on any atom is -0.497 e. The molecule has 2 amide bonds. The van der Waals surface area contributed by atoms with Crippen LogP contribution in [-0.4, -0.2) is 57.1 Å². The van der Waals surface area contributed by atoms with Gasteiger partial charge in [-0.1, -0.05) is 43.7 Å². The van der Waals surface area contributed by atoms with Crippen LogP contribution in [0.15, 0.2) is 48.5 Å². The van der Waals surface area contributed by atoms with Gasteiger partial charge in [-0.05, 0) is 56.5 Å². The fraction of sp³-hybridized carbons (Fsp3) is 0.462. The molecular weight excluding hydrogens is 466 g/mol. The van der Waals surface area contributed by atoms with E-state index in [9.17, 15) is 18.0 Å². The predicted molar refractivity (Wildman–Crippen MR) is 139 cm³/mol. The Kier molecular flexibility index (Phi) is 10.1. The second kappa shape index (κ2) is 12.6. The topological polar surface area (TPSA) is 96.0 Å². The lowest BCUT2D eigenvalue weighted by Crippen LogP contribution is -2.53. The second-order valence-electron chi connectivity index (χ2n) is 8.72. The highest BCUT2D eigenvalue weighted by Crippen LogP contribution is 2.21. The summed E-state index contributed by atoms with van der Waals surface area (Å²) in [6.07, 6.45) is 2.21. The number of hydrogen-bond acceptors (Lipinski definition) is 5. The maximum Gasteiger partial charge on any atom is 0.244 e. The molecule has 1 N–H and O–H groups in total. The summed E-state index contributed by atoms with van der Waals surface area (Å²) >= 11 is 0. The Balaban J connectivity index is 2.42.